The van der Waals surface area contributed by atoms with Crippen molar-refractivity contribution in [2.45, 2.75) is 45.6 Å². The molecule has 0 bridgehead atoms. The lowest BCUT2D eigenvalue weighted by molar-refractivity contribution is 0.0936. The summed E-state index contributed by atoms with van der Waals surface area (Å²) in [5.41, 5.74) is 1.47. The van der Waals surface area contributed by atoms with Crippen LogP contribution in [0.2, 0.25) is 0 Å². The van der Waals surface area contributed by atoms with Crippen molar-refractivity contribution in [3.8, 4) is 0 Å². The van der Waals surface area contributed by atoms with Crippen molar-refractivity contribution in [3.63, 3.8) is 0 Å². The Morgan fingerprint density at radius 1 is 1.56 bits per heavy atom. The zero-order valence-electron chi connectivity index (χ0n) is 11.6. The van der Waals surface area contributed by atoms with E-state index < -0.39 is 0 Å². The second-order valence-electron chi connectivity index (χ2n) is 4.84. The normalized spacial score (nSPS) is 12.8. The van der Waals surface area contributed by atoms with E-state index >= 15 is 0 Å². The molecule has 102 valence electrons. The summed E-state index contributed by atoms with van der Waals surface area (Å²) in [5, 5.41) is 16.4. The molecule has 0 radical (unpaired) electrons. The van der Waals surface area contributed by atoms with Crippen LogP contribution in [0.4, 0.5) is 0 Å². The molecular weight excluding hydrogens is 230 g/mol. The number of aliphatic hydroxyl groups excluding tert-OH is 1. The largest absolute Gasteiger partial charge is 0.393 e. The number of carbonyl (C=O) groups excluding carboxylic acids is 1. The fraction of sp³-hybridized carbons (Fsp3) is 0.692. The van der Waals surface area contributed by atoms with E-state index in [0.29, 0.717) is 31.0 Å². The van der Waals surface area contributed by atoms with E-state index in [4.69, 9.17) is 0 Å². The van der Waals surface area contributed by atoms with Gasteiger partial charge in [0.2, 0.25) is 0 Å². The molecule has 18 heavy (non-hydrogen) atoms. The SMILES string of the molecule is CCC(O)CCNC(=O)c1cc(C(C)C)n(C)n1. The van der Waals surface area contributed by atoms with Crippen molar-refractivity contribution >= 4 is 5.91 Å². The van der Waals surface area contributed by atoms with Crippen LogP contribution in [-0.4, -0.2) is 33.4 Å². The summed E-state index contributed by atoms with van der Waals surface area (Å²) in [4.78, 5) is 11.8. The number of hydrogen-bond donors (Lipinski definition) is 2. The monoisotopic (exact) mass is 253 g/mol. The number of rotatable bonds is 6. The molecule has 0 aliphatic carbocycles. The van der Waals surface area contributed by atoms with Gasteiger partial charge in [-0.2, -0.15) is 5.10 Å². The molecule has 0 spiro atoms. The van der Waals surface area contributed by atoms with Crippen LogP contribution in [0.1, 0.15) is 55.7 Å². The van der Waals surface area contributed by atoms with Crippen molar-refractivity contribution < 1.29 is 9.90 Å². The van der Waals surface area contributed by atoms with Crippen LogP contribution >= 0.6 is 0 Å². The predicted octanol–water partition coefficient (Wildman–Crippen LogP) is 1.43. The standard InChI is InChI=1S/C13H23N3O2/c1-5-10(17)6-7-14-13(18)11-8-12(9(2)3)16(4)15-11/h8-10,17H,5-7H2,1-4H3,(H,14,18). The van der Waals surface area contributed by atoms with Gasteiger partial charge in [-0.3, -0.25) is 9.48 Å². The molecule has 1 aromatic heterocycles. The summed E-state index contributed by atoms with van der Waals surface area (Å²) < 4.78 is 1.74. The van der Waals surface area contributed by atoms with Crippen molar-refractivity contribution in [1.82, 2.24) is 15.1 Å². The van der Waals surface area contributed by atoms with Gasteiger partial charge in [0.1, 0.15) is 5.69 Å². The molecule has 2 N–H and O–H groups in total. The highest BCUT2D eigenvalue weighted by atomic mass is 16.3. The van der Waals surface area contributed by atoms with Crippen LogP contribution in [0.15, 0.2) is 6.07 Å². The molecule has 0 saturated heterocycles. The Bertz CT molecular complexity index is 399. The zero-order chi connectivity index (χ0) is 13.7. The van der Waals surface area contributed by atoms with E-state index in [1.54, 1.807) is 4.68 Å². The van der Waals surface area contributed by atoms with Crippen molar-refractivity contribution in [3.05, 3.63) is 17.5 Å². The maximum Gasteiger partial charge on any atom is 0.271 e. The Balaban J connectivity index is 2.54. The van der Waals surface area contributed by atoms with Crippen molar-refractivity contribution in [1.29, 1.82) is 0 Å². The Morgan fingerprint density at radius 2 is 2.22 bits per heavy atom. The molecule has 0 aromatic carbocycles. The molecule has 0 fully saturated rings. The van der Waals surface area contributed by atoms with Gasteiger partial charge >= 0.3 is 0 Å². The van der Waals surface area contributed by atoms with Crippen LogP contribution in [0.3, 0.4) is 0 Å². The number of amides is 1. The van der Waals surface area contributed by atoms with Gasteiger partial charge in [-0.25, -0.2) is 0 Å². The lowest BCUT2D eigenvalue weighted by Gasteiger charge is -2.07. The number of aliphatic hydroxyl groups is 1. The Hall–Kier alpha value is -1.36. The average Bonchev–Trinajstić information content (AvgIpc) is 2.71. The molecule has 1 amide bonds. The first-order chi connectivity index (χ1) is 8.45. The number of hydrogen-bond acceptors (Lipinski definition) is 3. The van der Waals surface area contributed by atoms with Crippen LogP contribution in [0, 0.1) is 0 Å². The second-order valence-corrected chi connectivity index (χ2v) is 4.84. The first-order valence-electron chi connectivity index (χ1n) is 6.45. The predicted molar refractivity (Wildman–Crippen MR) is 70.5 cm³/mol. The molecule has 0 saturated carbocycles. The number of nitrogens with zero attached hydrogens (tertiary/aromatic N) is 2. The van der Waals surface area contributed by atoms with Gasteiger partial charge in [0.25, 0.3) is 5.91 Å². The average molecular weight is 253 g/mol. The fourth-order valence-electron chi connectivity index (χ4n) is 1.78. The van der Waals surface area contributed by atoms with E-state index in [1.807, 2.05) is 20.0 Å². The van der Waals surface area contributed by atoms with E-state index in [9.17, 15) is 9.90 Å². The third-order valence-corrected chi connectivity index (χ3v) is 2.97. The van der Waals surface area contributed by atoms with Crippen LogP contribution in [0.5, 0.6) is 0 Å². The number of carbonyl (C=O) groups is 1. The highest BCUT2D eigenvalue weighted by Crippen LogP contribution is 2.14. The maximum atomic E-state index is 11.8. The minimum absolute atomic E-state index is 0.180. The molecule has 1 rings (SSSR count). The minimum atomic E-state index is -0.347. The summed E-state index contributed by atoms with van der Waals surface area (Å²) in [6.45, 7) is 6.52. The topological polar surface area (TPSA) is 67.2 Å². The molecule has 5 nitrogen and oxygen atoms in total. The number of aromatic nitrogens is 2. The van der Waals surface area contributed by atoms with Gasteiger partial charge in [-0.15, -0.1) is 0 Å². The van der Waals surface area contributed by atoms with Gasteiger partial charge in [0, 0.05) is 19.3 Å². The van der Waals surface area contributed by atoms with Crippen molar-refractivity contribution in [2.75, 3.05) is 6.54 Å². The molecule has 5 heteroatoms. The van der Waals surface area contributed by atoms with E-state index in [1.165, 1.54) is 0 Å². The second kappa shape index (κ2) is 6.54. The highest BCUT2D eigenvalue weighted by Gasteiger charge is 2.14. The lowest BCUT2D eigenvalue weighted by atomic mass is 10.1. The smallest absolute Gasteiger partial charge is 0.271 e. The fourth-order valence-corrected chi connectivity index (χ4v) is 1.78. The molecule has 1 unspecified atom stereocenters. The molecule has 1 heterocycles. The zero-order valence-corrected chi connectivity index (χ0v) is 11.6. The molecule has 0 aliphatic rings. The molecule has 1 aromatic rings. The number of nitrogens with one attached hydrogen (secondary N) is 1. The van der Waals surface area contributed by atoms with Gasteiger partial charge < -0.3 is 10.4 Å². The van der Waals surface area contributed by atoms with E-state index in [0.717, 1.165) is 5.69 Å². The van der Waals surface area contributed by atoms with Gasteiger partial charge in [-0.05, 0) is 24.8 Å². The molecular formula is C13H23N3O2. The Morgan fingerprint density at radius 3 is 2.72 bits per heavy atom. The highest BCUT2D eigenvalue weighted by molar-refractivity contribution is 5.92. The summed E-state index contributed by atoms with van der Waals surface area (Å²) in [6.07, 6.45) is 0.934. The van der Waals surface area contributed by atoms with Crippen LogP contribution < -0.4 is 5.32 Å². The van der Waals surface area contributed by atoms with Gasteiger partial charge in [0.15, 0.2) is 0 Å². The van der Waals surface area contributed by atoms with Gasteiger partial charge in [-0.1, -0.05) is 20.8 Å². The summed E-state index contributed by atoms with van der Waals surface area (Å²) >= 11 is 0. The Labute approximate surface area is 108 Å². The first kappa shape index (κ1) is 14.7. The van der Waals surface area contributed by atoms with Crippen LogP contribution in [-0.2, 0) is 7.05 Å². The van der Waals surface area contributed by atoms with Crippen molar-refractivity contribution in [2.24, 2.45) is 7.05 Å². The number of aryl methyl sites for hydroxylation is 1. The van der Waals surface area contributed by atoms with E-state index in [-0.39, 0.29) is 12.0 Å². The molecule has 0 aliphatic heterocycles. The van der Waals surface area contributed by atoms with E-state index in [2.05, 4.69) is 24.3 Å². The Kier molecular flexibility index (Phi) is 5.34. The summed E-state index contributed by atoms with van der Waals surface area (Å²) in [7, 11) is 1.84. The minimum Gasteiger partial charge on any atom is -0.393 e. The third-order valence-electron chi connectivity index (χ3n) is 2.97. The van der Waals surface area contributed by atoms with Crippen LogP contribution in [0.25, 0.3) is 0 Å². The quantitative estimate of drug-likeness (QED) is 0.806. The summed E-state index contributed by atoms with van der Waals surface area (Å²) in [6, 6.07) is 1.82. The van der Waals surface area contributed by atoms with Gasteiger partial charge in [0.05, 0.1) is 6.10 Å². The summed E-state index contributed by atoms with van der Waals surface area (Å²) in [5.74, 6) is 0.159. The third kappa shape index (κ3) is 3.84. The first-order valence-corrected chi connectivity index (χ1v) is 6.45. The lowest BCUT2D eigenvalue weighted by Crippen LogP contribution is -2.27. The maximum absolute atomic E-state index is 11.8. The molecule has 1 atom stereocenters.